The third-order valence-corrected chi connectivity index (χ3v) is 6.25. The molecule has 3 nitrogen and oxygen atoms in total. The standard InChI is InChI=1S/C14H18F3NO2S/c1-18-10-5-4-6-11(9-10)21(19,20)13-8-3-2-7-12(13)14(15,16)17/h2-3,7-8,10-11,18H,4-6,9H2,1H3. The van der Waals surface area contributed by atoms with Crippen molar-refractivity contribution in [2.75, 3.05) is 7.05 Å². The van der Waals surface area contributed by atoms with Gasteiger partial charge < -0.3 is 5.32 Å². The molecule has 2 atom stereocenters. The van der Waals surface area contributed by atoms with Crippen LogP contribution < -0.4 is 5.32 Å². The third kappa shape index (κ3) is 3.40. The highest BCUT2D eigenvalue weighted by molar-refractivity contribution is 7.92. The number of benzene rings is 1. The Hall–Kier alpha value is -1.08. The second-order valence-corrected chi connectivity index (χ2v) is 7.51. The van der Waals surface area contributed by atoms with Crippen LogP contribution in [0.3, 0.4) is 0 Å². The molecule has 0 aliphatic heterocycles. The largest absolute Gasteiger partial charge is 0.417 e. The van der Waals surface area contributed by atoms with Gasteiger partial charge >= 0.3 is 6.18 Å². The molecule has 21 heavy (non-hydrogen) atoms. The number of rotatable bonds is 3. The Kier molecular flexibility index (Phi) is 4.63. The van der Waals surface area contributed by atoms with Gasteiger partial charge in [-0.1, -0.05) is 18.6 Å². The molecular weight excluding hydrogens is 303 g/mol. The van der Waals surface area contributed by atoms with Crippen molar-refractivity contribution in [2.24, 2.45) is 0 Å². The van der Waals surface area contributed by atoms with Crippen LogP contribution >= 0.6 is 0 Å². The lowest BCUT2D eigenvalue weighted by molar-refractivity contribution is -0.139. The fourth-order valence-electron chi connectivity index (χ4n) is 2.82. The summed E-state index contributed by atoms with van der Waals surface area (Å²) in [7, 11) is -2.24. The number of hydrogen-bond donors (Lipinski definition) is 1. The lowest BCUT2D eigenvalue weighted by atomic mass is 9.95. The van der Waals surface area contributed by atoms with Gasteiger partial charge in [0.15, 0.2) is 9.84 Å². The zero-order chi connectivity index (χ0) is 15.7. The van der Waals surface area contributed by atoms with Gasteiger partial charge in [-0.15, -0.1) is 0 Å². The van der Waals surface area contributed by atoms with Crippen LogP contribution in [-0.4, -0.2) is 26.8 Å². The van der Waals surface area contributed by atoms with Gasteiger partial charge in [0.25, 0.3) is 0 Å². The van der Waals surface area contributed by atoms with E-state index in [1.807, 2.05) is 0 Å². The van der Waals surface area contributed by atoms with E-state index in [-0.39, 0.29) is 6.04 Å². The van der Waals surface area contributed by atoms with E-state index in [4.69, 9.17) is 0 Å². The van der Waals surface area contributed by atoms with Crippen molar-refractivity contribution in [2.45, 2.75) is 48.0 Å². The minimum Gasteiger partial charge on any atom is -0.317 e. The molecule has 0 amide bonds. The first-order valence-corrected chi connectivity index (χ1v) is 8.39. The van der Waals surface area contributed by atoms with Crippen molar-refractivity contribution >= 4 is 9.84 Å². The first-order valence-electron chi connectivity index (χ1n) is 6.84. The predicted molar refractivity (Wildman–Crippen MR) is 73.7 cm³/mol. The topological polar surface area (TPSA) is 46.2 Å². The highest BCUT2D eigenvalue weighted by Crippen LogP contribution is 2.37. The number of hydrogen-bond acceptors (Lipinski definition) is 3. The molecule has 0 spiro atoms. The molecule has 7 heteroatoms. The number of nitrogens with one attached hydrogen (secondary N) is 1. The van der Waals surface area contributed by atoms with E-state index >= 15 is 0 Å². The molecule has 1 aromatic rings. The Morgan fingerprint density at radius 2 is 1.86 bits per heavy atom. The number of halogens is 3. The second kappa shape index (κ2) is 5.96. The summed E-state index contributed by atoms with van der Waals surface area (Å²) in [4.78, 5) is -0.598. The predicted octanol–water partition coefficient (Wildman–Crippen LogP) is 3.01. The van der Waals surface area contributed by atoms with Crippen molar-refractivity contribution < 1.29 is 21.6 Å². The van der Waals surface area contributed by atoms with Gasteiger partial charge in [0.1, 0.15) is 0 Å². The maximum Gasteiger partial charge on any atom is 0.417 e. The molecule has 1 aromatic carbocycles. The molecule has 0 bridgehead atoms. The van der Waals surface area contributed by atoms with E-state index in [1.54, 1.807) is 7.05 Å². The minimum atomic E-state index is -4.67. The summed E-state index contributed by atoms with van der Waals surface area (Å²) in [6, 6.07) is 4.46. The van der Waals surface area contributed by atoms with Gasteiger partial charge in [0, 0.05) is 6.04 Å². The molecule has 1 fully saturated rings. The Morgan fingerprint density at radius 3 is 2.48 bits per heavy atom. The van der Waals surface area contributed by atoms with E-state index in [0.29, 0.717) is 19.3 Å². The van der Waals surface area contributed by atoms with Crippen LogP contribution in [0.2, 0.25) is 0 Å². The molecule has 0 heterocycles. The average Bonchev–Trinajstić information content (AvgIpc) is 2.46. The van der Waals surface area contributed by atoms with E-state index in [2.05, 4.69) is 5.32 Å². The van der Waals surface area contributed by atoms with Crippen molar-refractivity contribution in [3.63, 3.8) is 0 Å². The Morgan fingerprint density at radius 1 is 1.19 bits per heavy atom. The van der Waals surface area contributed by atoms with Crippen molar-refractivity contribution in [3.8, 4) is 0 Å². The van der Waals surface area contributed by atoms with Crippen LogP contribution in [0.1, 0.15) is 31.2 Å². The summed E-state index contributed by atoms with van der Waals surface area (Å²) < 4.78 is 64.2. The molecule has 1 aliphatic carbocycles. The molecule has 2 rings (SSSR count). The summed E-state index contributed by atoms with van der Waals surface area (Å²) in [5, 5.41) is 2.26. The fraction of sp³-hybridized carbons (Fsp3) is 0.571. The lowest BCUT2D eigenvalue weighted by Gasteiger charge is -2.29. The van der Waals surface area contributed by atoms with Crippen LogP contribution in [0.15, 0.2) is 29.2 Å². The summed E-state index contributed by atoms with van der Waals surface area (Å²) in [6.45, 7) is 0. The summed E-state index contributed by atoms with van der Waals surface area (Å²) >= 11 is 0. The first-order chi connectivity index (χ1) is 9.76. The monoisotopic (exact) mass is 321 g/mol. The highest BCUT2D eigenvalue weighted by Gasteiger charge is 2.40. The number of sulfone groups is 1. The van der Waals surface area contributed by atoms with Gasteiger partial charge in [-0.25, -0.2) is 8.42 Å². The second-order valence-electron chi connectivity index (χ2n) is 5.31. The van der Waals surface area contributed by atoms with Crippen LogP contribution in [0.4, 0.5) is 13.2 Å². The van der Waals surface area contributed by atoms with Crippen LogP contribution in [-0.2, 0) is 16.0 Å². The summed E-state index contributed by atoms with van der Waals surface area (Å²) in [5.41, 5.74) is -1.07. The first kappa shape index (κ1) is 16.3. The minimum absolute atomic E-state index is 0.0385. The molecule has 1 aliphatic rings. The molecule has 118 valence electrons. The molecular formula is C14H18F3NO2S. The van der Waals surface area contributed by atoms with Crippen molar-refractivity contribution in [1.82, 2.24) is 5.32 Å². The Balaban J connectivity index is 2.41. The summed E-state index contributed by atoms with van der Waals surface area (Å²) in [5.74, 6) is 0. The summed E-state index contributed by atoms with van der Waals surface area (Å²) in [6.07, 6.45) is -2.36. The molecule has 2 unspecified atom stereocenters. The fourth-order valence-corrected chi connectivity index (χ4v) is 4.90. The molecule has 0 aromatic heterocycles. The Bertz CT molecular complexity index is 598. The van der Waals surface area contributed by atoms with Crippen molar-refractivity contribution in [1.29, 1.82) is 0 Å². The van der Waals surface area contributed by atoms with Gasteiger partial charge in [0.05, 0.1) is 15.7 Å². The quantitative estimate of drug-likeness (QED) is 0.931. The molecule has 1 saturated carbocycles. The maximum absolute atomic E-state index is 13.0. The zero-order valence-electron chi connectivity index (χ0n) is 11.7. The molecule has 1 N–H and O–H groups in total. The third-order valence-electron chi connectivity index (χ3n) is 3.97. The maximum atomic E-state index is 13.0. The highest BCUT2D eigenvalue weighted by atomic mass is 32.2. The normalized spacial score (nSPS) is 24.0. The smallest absolute Gasteiger partial charge is 0.317 e. The van der Waals surface area contributed by atoms with Crippen molar-refractivity contribution in [3.05, 3.63) is 29.8 Å². The van der Waals surface area contributed by atoms with E-state index in [9.17, 15) is 21.6 Å². The molecule has 0 radical (unpaired) electrons. The Labute approximate surface area is 122 Å². The van der Waals surface area contributed by atoms with Gasteiger partial charge in [-0.05, 0) is 38.4 Å². The van der Waals surface area contributed by atoms with Crippen LogP contribution in [0, 0.1) is 0 Å². The van der Waals surface area contributed by atoms with Crippen LogP contribution in [0.5, 0.6) is 0 Å². The molecule has 0 saturated heterocycles. The van der Waals surface area contributed by atoms with Crippen LogP contribution in [0.25, 0.3) is 0 Å². The van der Waals surface area contributed by atoms with Gasteiger partial charge in [0.2, 0.25) is 0 Å². The number of alkyl halides is 3. The van der Waals surface area contributed by atoms with Gasteiger partial charge in [-0.3, -0.25) is 0 Å². The zero-order valence-corrected chi connectivity index (χ0v) is 12.5. The average molecular weight is 321 g/mol. The SMILES string of the molecule is CNC1CCCC(S(=O)(=O)c2ccccc2C(F)(F)F)C1. The van der Waals surface area contributed by atoms with E-state index in [1.165, 1.54) is 12.1 Å². The van der Waals surface area contributed by atoms with Gasteiger partial charge in [-0.2, -0.15) is 13.2 Å². The van der Waals surface area contributed by atoms with E-state index in [0.717, 1.165) is 18.6 Å². The lowest BCUT2D eigenvalue weighted by Crippen LogP contribution is -2.37. The van der Waals surface area contributed by atoms with E-state index < -0.39 is 31.7 Å².